The fraction of sp³-hybridized carbons (Fsp3) is 0.344. The Morgan fingerprint density at radius 2 is 2.06 bits per heavy atom. The number of thioether (sulfide) groups is 1. The molecule has 19 heteroatoms. The molecule has 3 aliphatic heterocycles. The van der Waals surface area contributed by atoms with Crippen molar-refractivity contribution in [2.24, 2.45) is 5.16 Å². The molecule has 0 saturated carbocycles. The smallest absolute Gasteiger partial charge is 0.307 e. The summed E-state index contributed by atoms with van der Waals surface area (Å²) in [7, 11) is 1.26. The van der Waals surface area contributed by atoms with Gasteiger partial charge in [0.15, 0.2) is 17.0 Å². The van der Waals surface area contributed by atoms with Crippen molar-refractivity contribution in [3.05, 3.63) is 81.1 Å². The number of anilines is 1. The minimum Gasteiger partial charge on any atom is -0.543 e. The van der Waals surface area contributed by atoms with Gasteiger partial charge in [0.2, 0.25) is 0 Å². The fourth-order valence-electron chi connectivity index (χ4n) is 6.56. The second kappa shape index (κ2) is 14.0. The van der Waals surface area contributed by atoms with Gasteiger partial charge < -0.3 is 30.7 Å². The largest absolute Gasteiger partial charge is 0.543 e. The number of nitrogens with two attached hydrogens (primary N) is 1. The zero-order valence-electron chi connectivity index (χ0n) is 27.2. The van der Waals surface area contributed by atoms with Crippen molar-refractivity contribution in [2.45, 2.75) is 43.8 Å². The van der Waals surface area contributed by atoms with E-state index in [0.717, 1.165) is 48.6 Å². The van der Waals surface area contributed by atoms with Crippen molar-refractivity contribution in [3.8, 4) is 0 Å². The van der Waals surface area contributed by atoms with Gasteiger partial charge in [-0.2, -0.15) is 0 Å². The summed E-state index contributed by atoms with van der Waals surface area (Å²) in [6, 6.07) is 3.78. The van der Waals surface area contributed by atoms with Crippen LogP contribution < -0.4 is 20.7 Å². The van der Waals surface area contributed by atoms with Crippen molar-refractivity contribution in [3.63, 3.8) is 0 Å². The third kappa shape index (κ3) is 6.42. The van der Waals surface area contributed by atoms with Gasteiger partial charge in [0, 0.05) is 35.3 Å². The summed E-state index contributed by atoms with van der Waals surface area (Å²) in [5.41, 5.74) is 7.28. The van der Waals surface area contributed by atoms with E-state index in [2.05, 4.69) is 15.5 Å². The number of carboxylic acid groups (broad SMARTS) is 1. The van der Waals surface area contributed by atoms with Crippen molar-refractivity contribution in [1.82, 2.24) is 29.3 Å². The van der Waals surface area contributed by atoms with E-state index >= 15 is 4.39 Å². The van der Waals surface area contributed by atoms with Crippen LogP contribution in [-0.2, 0) is 32.3 Å². The Morgan fingerprint density at radius 1 is 1.27 bits per heavy atom. The molecule has 3 aliphatic rings. The van der Waals surface area contributed by atoms with Crippen molar-refractivity contribution < 1.29 is 33.3 Å². The summed E-state index contributed by atoms with van der Waals surface area (Å²) in [4.78, 5) is 50.7. The van der Waals surface area contributed by atoms with Gasteiger partial charge in [-0.1, -0.05) is 16.8 Å². The molecular weight excluding hydrogens is 723 g/mol. The first-order valence-electron chi connectivity index (χ1n) is 15.9. The quantitative estimate of drug-likeness (QED) is 0.0702. The number of aromatic nitrogens is 4. The second-order valence-electron chi connectivity index (χ2n) is 12.2. The molecule has 0 radical (unpaired) electrons. The molecule has 2 atom stereocenters. The lowest BCUT2D eigenvalue weighted by molar-refractivity contribution is -0.662. The van der Waals surface area contributed by atoms with E-state index in [9.17, 15) is 19.5 Å². The number of hydrogen-bond donors (Lipinski definition) is 3. The number of likely N-dealkylation sites (tertiary alicyclic amines) is 1. The van der Waals surface area contributed by atoms with Crippen LogP contribution in [-0.4, -0.2) is 90.7 Å². The lowest BCUT2D eigenvalue weighted by Gasteiger charge is -2.50. The van der Waals surface area contributed by atoms with E-state index in [0.29, 0.717) is 16.8 Å². The van der Waals surface area contributed by atoms with E-state index in [1.54, 1.807) is 39.9 Å². The zero-order valence-corrected chi connectivity index (χ0v) is 29.6. The number of fused-ring (bicyclic) bond motifs is 2. The average molecular weight is 755 g/mol. The molecule has 0 bridgehead atoms. The summed E-state index contributed by atoms with van der Waals surface area (Å²) in [6.07, 6.45) is 8.39. The van der Waals surface area contributed by atoms with Crippen molar-refractivity contribution in [2.75, 3.05) is 31.7 Å². The number of aliphatic carboxylic acids is 1. The van der Waals surface area contributed by atoms with E-state index < -0.39 is 35.0 Å². The fourth-order valence-corrected chi connectivity index (χ4v) is 8.71. The number of β-lactam (4-membered cyclic amide) rings is 1. The highest BCUT2D eigenvalue weighted by molar-refractivity contribution is 8.00. The summed E-state index contributed by atoms with van der Waals surface area (Å²) in [5.74, 6) is -2.85. The molecule has 2 amide bonds. The monoisotopic (exact) mass is 754 g/mol. The normalized spacial score (nSPS) is 19.3. The minimum atomic E-state index is -1.51. The van der Waals surface area contributed by atoms with Gasteiger partial charge in [-0.3, -0.25) is 19.9 Å². The van der Waals surface area contributed by atoms with Crippen LogP contribution in [0.4, 0.5) is 9.52 Å². The molecule has 4 aromatic rings. The number of oxime groups is 1. The summed E-state index contributed by atoms with van der Waals surface area (Å²) < 4.78 is 20.8. The number of halogens is 2. The third-order valence-electron chi connectivity index (χ3n) is 9.05. The molecule has 7 rings (SSSR count). The highest BCUT2D eigenvalue weighted by atomic mass is 35.5. The molecule has 15 nitrogen and oxygen atoms in total. The molecule has 0 unspecified atom stereocenters. The first-order chi connectivity index (χ1) is 24.5. The Balaban J connectivity index is 1.07. The van der Waals surface area contributed by atoms with Crippen LogP contribution in [0.25, 0.3) is 5.65 Å². The number of carbonyl (C=O) groups is 3. The number of hydrogen-bond acceptors (Lipinski definition) is 11. The zero-order chi connectivity index (χ0) is 36.0. The topological polar surface area (TPSA) is 190 Å². The van der Waals surface area contributed by atoms with Crippen LogP contribution >= 0.6 is 34.7 Å². The number of nitrogens with zero attached hydrogens (tertiary/aromatic N) is 7. The number of carbonyl (C=O) groups excluding carboxylic acids is 3. The van der Waals surface area contributed by atoms with E-state index in [1.165, 1.54) is 30.3 Å². The number of rotatable bonds is 10. The molecule has 0 spiro atoms. The Bertz CT molecular complexity index is 2110. The maximum absolute atomic E-state index is 15.5. The van der Waals surface area contributed by atoms with E-state index in [1.807, 2.05) is 9.47 Å². The molecule has 0 aliphatic carbocycles. The van der Waals surface area contributed by atoms with Gasteiger partial charge in [0.25, 0.3) is 11.8 Å². The molecule has 2 fully saturated rings. The number of piperidine rings is 1. The second-order valence-corrected chi connectivity index (χ2v) is 14.6. The van der Waals surface area contributed by atoms with Crippen LogP contribution in [0.2, 0.25) is 5.02 Å². The molecule has 4 N–H and O–H groups in total. The van der Waals surface area contributed by atoms with Crippen LogP contribution in [0.1, 0.15) is 36.1 Å². The van der Waals surface area contributed by atoms with Crippen molar-refractivity contribution >= 4 is 74.8 Å². The lowest BCUT2D eigenvalue weighted by atomic mass is 10.0. The highest BCUT2D eigenvalue weighted by Crippen LogP contribution is 2.40. The first kappa shape index (κ1) is 34.5. The molecule has 51 heavy (non-hydrogen) atoms. The number of nitrogen functional groups attached to an aromatic ring is 1. The predicted molar refractivity (Wildman–Crippen MR) is 185 cm³/mol. The Hall–Kier alpha value is -4.94. The Labute approximate surface area is 303 Å². The van der Waals surface area contributed by atoms with Crippen molar-refractivity contribution in [1.29, 1.82) is 5.41 Å². The number of thiazole rings is 1. The summed E-state index contributed by atoms with van der Waals surface area (Å²) in [5, 5.41) is 28.6. The summed E-state index contributed by atoms with van der Waals surface area (Å²) >= 11 is 8.99. The predicted octanol–water partition coefficient (Wildman–Crippen LogP) is 1.17. The SMILES string of the molecule is CO/N=C(\C(=O)N[C@@H]1C(=O)N2C(C(=O)[O-])=C(Cn3ccc4n3cc[n+]4Cc3c(F)cc(C(=N)N4CCCCC4)cc3Cl)CS[C@H]12)c1csc(N)n1. The van der Waals surface area contributed by atoms with Crippen LogP contribution in [0, 0.1) is 11.2 Å². The number of amidine groups is 1. The standard InChI is InChI=1S/C32H32ClFN10O5S2/c1-49-39-24(22-16-51-32(36)37-22)28(45)38-25-29(46)44-26(31(47)48)18(15-50-30(25)44)13-42-8-5-23-41(9-10-43(23)42)14-19-20(33)11-17(12-21(19)34)27(35)40-6-3-2-4-7-40/h5,8-12,16,25,30,35H,2-4,6-7,13-15H2,1H3,(H3-,36,37,38,45,47,48)/b35-27?,39-24-/t25-,30-/m1/s1. The van der Waals surface area contributed by atoms with Crippen LogP contribution in [0.3, 0.4) is 0 Å². The summed E-state index contributed by atoms with van der Waals surface area (Å²) in [6.45, 7) is 1.76. The van der Waals surface area contributed by atoms with E-state index in [4.69, 9.17) is 27.6 Å². The molecular formula is C32H32ClFN10O5S2. The highest BCUT2D eigenvalue weighted by Gasteiger charge is 2.53. The van der Waals surface area contributed by atoms with Gasteiger partial charge in [-0.15, -0.1) is 27.6 Å². The average Bonchev–Trinajstić information content (AvgIpc) is 3.85. The van der Waals surface area contributed by atoms with Gasteiger partial charge >= 0.3 is 5.65 Å². The van der Waals surface area contributed by atoms with Gasteiger partial charge in [-0.05, 0) is 37.0 Å². The number of amides is 2. The third-order valence-corrected chi connectivity index (χ3v) is 11.4. The van der Waals surface area contributed by atoms with Gasteiger partial charge in [0.05, 0.1) is 35.5 Å². The van der Waals surface area contributed by atoms with Crippen LogP contribution in [0.15, 0.2) is 58.6 Å². The molecule has 2 saturated heterocycles. The minimum absolute atomic E-state index is 0.111. The molecule has 1 aromatic carbocycles. The molecule has 266 valence electrons. The maximum Gasteiger partial charge on any atom is 0.307 e. The molecule has 6 heterocycles. The van der Waals surface area contributed by atoms with Gasteiger partial charge in [-0.25, -0.2) is 18.6 Å². The van der Waals surface area contributed by atoms with Crippen LogP contribution in [0.5, 0.6) is 0 Å². The first-order valence-corrected chi connectivity index (χ1v) is 18.3. The number of benzene rings is 1. The number of nitrogens with one attached hydrogen (secondary N) is 2. The molecule has 3 aromatic heterocycles. The lowest BCUT2D eigenvalue weighted by Crippen LogP contribution is -2.71. The van der Waals surface area contributed by atoms with E-state index in [-0.39, 0.29) is 57.5 Å². The number of imidazole rings is 1. The number of carboxylic acids is 1. The van der Waals surface area contributed by atoms with Gasteiger partial charge in [0.1, 0.15) is 48.6 Å². The maximum atomic E-state index is 15.5. The Morgan fingerprint density at radius 3 is 2.75 bits per heavy atom. The Kier molecular flexibility index (Phi) is 9.47.